The number of carbonyl (C=O) groups is 1. The van der Waals surface area contributed by atoms with Crippen LogP contribution in [-0.4, -0.2) is 18.0 Å². The van der Waals surface area contributed by atoms with Crippen LogP contribution >= 0.6 is 22.9 Å². The van der Waals surface area contributed by atoms with E-state index in [1.54, 1.807) is 37.4 Å². The zero-order chi connectivity index (χ0) is 15.7. The van der Waals surface area contributed by atoms with Gasteiger partial charge in [0.05, 0.1) is 11.8 Å². The summed E-state index contributed by atoms with van der Waals surface area (Å²) in [5.74, 6) is 0.313. The molecule has 0 fully saturated rings. The molecule has 22 heavy (non-hydrogen) atoms. The van der Waals surface area contributed by atoms with Crippen LogP contribution in [0, 0.1) is 0 Å². The molecule has 3 rings (SSSR count). The molecule has 0 spiro atoms. The van der Waals surface area contributed by atoms with Crippen LogP contribution in [-0.2, 0) is 0 Å². The molecule has 0 saturated carbocycles. The van der Waals surface area contributed by atoms with Crippen LogP contribution < -0.4 is 15.8 Å². The van der Waals surface area contributed by atoms with Gasteiger partial charge in [-0.15, -0.1) is 0 Å². The second-order valence-corrected chi connectivity index (χ2v) is 6.04. The summed E-state index contributed by atoms with van der Waals surface area (Å²) in [7, 11) is 1.55. The molecule has 0 saturated heterocycles. The minimum Gasteiger partial charge on any atom is -0.494 e. The van der Waals surface area contributed by atoms with Crippen molar-refractivity contribution >= 4 is 49.9 Å². The number of thiazole rings is 1. The molecule has 0 unspecified atom stereocenters. The first-order valence-corrected chi connectivity index (χ1v) is 7.57. The Bertz CT molecular complexity index is 863. The lowest BCUT2D eigenvalue weighted by Crippen LogP contribution is -2.11. The van der Waals surface area contributed by atoms with E-state index in [-0.39, 0.29) is 5.91 Å². The molecule has 1 amide bonds. The van der Waals surface area contributed by atoms with Gasteiger partial charge in [-0.2, -0.15) is 0 Å². The molecule has 5 nitrogen and oxygen atoms in total. The molecule has 0 aliphatic carbocycles. The molecule has 3 aromatic rings. The van der Waals surface area contributed by atoms with Crippen molar-refractivity contribution < 1.29 is 9.53 Å². The SMILES string of the molecule is COc1cc(NC(=O)c2cccc(Cl)c2)cc2sc(N)nc12. The van der Waals surface area contributed by atoms with Crippen molar-refractivity contribution in [1.29, 1.82) is 0 Å². The van der Waals surface area contributed by atoms with Crippen LogP contribution in [0.1, 0.15) is 10.4 Å². The van der Waals surface area contributed by atoms with Crippen molar-refractivity contribution in [1.82, 2.24) is 4.98 Å². The van der Waals surface area contributed by atoms with Crippen LogP contribution in [0.4, 0.5) is 10.8 Å². The largest absolute Gasteiger partial charge is 0.494 e. The Kier molecular flexibility index (Phi) is 3.87. The van der Waals surface area contributed by atoms with Crippen molar-refractivity contribution in [3.63, 3.8) is 0 Å². The number of hydrogen-bond donors (Lipinski definition) is 2. The van der Waals surface area contributed by atoms with E-state index in [1.807, 2.05) is 6.07 Å². The summed E-state index contributed by atoms with van der Waals surface area (Å²) in [6.45, 7) is 0. The lowest BCUT2D eigenvalue weighted by molar-refractivity contribution is 0.102. The lowest BCUT2D eigenvalue weighted by Gasteiger charge is -2.08. The summed E-state index contributed by atoms with van der Waals surface area (Å²) in [4.78, 5) is 16.5. The number of methoxy groups -OCH3 is 1. The minimum atomic E-state index is -0.249. The molecule has 0 aliphatic rings. The van der Waals surface area contributed by atoms with E-state index in [2.05, 4.69) is 10.3 Å². The quantitative estimate of drug-likeness (QED) is 0.764. The number of nitrogens with one attached hydrogen (secondary N) is 1. The van der Waals surface area contributed by atoms with Gasteiger partial charge in [0, 0.05) is 22.3 Å². The van der Waals surface area contributed by atoms with E-state index in [0.29, 0.717) is 32.7 Å². The fourth-order valence-electron chi connectivity index (χ4n) is 2.08. The van der Waals surface area contributed by atoms with E-state index in [9.17, 15) is 4.79 Å². The molecule has 1 aromatic heterocycles. The molecule has 0 aliphatic heterocycles. The van der Waals surface area contributed by atoms with Crippen LogP contribution in [0.15, 0.2) is 36.4 Å². The monoisotopic (exact) mass is 333 g/mol. The molecule has 1 heterocycles. The fraction of sp³-hybridized carbons (Fsp3) is 0.0667. The van der Waals surface area contributed by atoms with Crippen molar-refractivity contribution in [3.8, 4) is 5.75 Å². The minimum absolute atomic E-state index is 0.249. The van der Waals surface area contributed by atoms with E-state index in [1.165, 1.54) is 11.3 Å². The molecular weight excluding hydrogens is 322 g/mol. The van der Waals surface area contributed by atoms with E-state index in [0.717, 1.165) is 4.70 Å². The number of nitrogen functional groups attached to an aromatic ring is 1. The molecule has 0 atom stereocenters. The third kappa shape index (κ3) is 2.84. The van der Waals surface area contributed by atoms with Gasteiger partial charge in [-0.25, -0.2) is 4.98 Å². The van der Waals surface area contributed by atoms with Crippen molar-refractivity contribution in [2.75, 3.05) is 18.2 Å². The molecular formula is C15H12ClN3O2S. The van der Waals surface area contributed by atoms with Crippen LogP contribution in [0.5, 0.6) is 5.75 Å². The first-order valence-electron chi connectivity index (χ1n) is 6.38. The summed E-state index contributed by atoms with van der Waals surface area (Å²) in [6, 6.07) is 10.3. The molecule has 112 valence electrons. The summed E-state index contributed by atoms with van der Waals surface area (Å²) in [6.07, 6.45) is 0. The smallest absolute Gasteiger partial charge is 0.255 e. The Hall–Kier alpha value is -2.31. The zero-order valence-corrected chi connectivity index (χ0v) is 13.2. The number of rotatable bonds is 3. The summed E-state index contributed by atoms with van der Waals surface area (Å²) in [5, 5.41) is 3.78. The maximum Gasteiger partial charge on any atom is 0.255 e. The maximum absolute atomic E-state index is 12.3. The number of anilines is 2. The third-order valence-electron chi connectivity index (χ3n) is 3.04. The Balaban J connectivity index is 1.95. The highest BCUT2D eigenvalue weighted by Gasteiger charge is 2.12. The van der Waals surface area contributed by atoms with E-state index < -0.39 is 0 Å². The number of carbonyl (C=O) groups excluding carboxylic acids is 1. The number of benzene rings is 2. The lowest BCUT2D eigenvalue weighted by atomic mass is 10.2. The van der Waals surface area contributed by atoms with Gasteiger partial charge in [0.2, 0.25) is 0 Å². The van der Waals surface area contributed by atoms with Gasteiger partial charge in [0.25, 0.3) is 5.91 Å². The summed E-state index contributed by atoms with van der Waals surface area (Å²) < 4.78 is 6.15. The second kappa shape index (κ2) is 5.82. The van der Waals surface area contributed by atoms with E-state index >= 15 is 0 Å². The molecule has 0 bridgehead atoms. The first-order chi connectivity index (χ1) is 10.6. The normalized spacial score (nSPS) is 10.6. The number of halogens is 1. The van der Waals surface area contributed by atoms with E-state index in [4.69, 9.17) is 22.1 Å². The van der Waals surface area contributed by atoms with Gasteiger partial charge in [0.1, 0.15) is 11.3 Å². The van der Waals surface area contributed by atoms with Crippen molar-refractivity contribution in [2.24, 2.45) is 0 Å². The highest BCUT2D eigenvalue weighted by atomic mass is 35.5. The number of amides is 1. The number of nitrogens with zero attached hydrogens (tertiary/aromatic N) is 1. The second-order valence-electron chi connectivity index (χ2n) is 4.54. The van der Waals surface area contributed by atoms with Gasteiger partial charge in [-0.1, -0.05) is 29.0 Å². The number of hydrogen-bond acceptors (Lipinski definition) is 5. The maximum atomic E-state index is 12.3. The highest BCUT2D eigenvalue weighted by molar-refractivity contribution is 7.22. The predicted octanol–water partition coefficient (Wildman–Crippen LogP) is 3.79. The molecule has 2 aromatic carbocycles. The molecule has 7 heteroatoms. The Morgan fingerprint density at radius 1 is 1.36 bits per heavy atom. The fourth-order valence-corrected chi connectivity index (χ4v) is 3.06. The topological polar surface area (TPSA) is 77.2 Å². The zero-order valence-electron chi connectivity index (χ0n) is 11.6. The van der Waals surface area contributed by atoms with Crippen LogP contribution in [0.3, 0.4) is 0 Å². The van der Waals surface area contributed by atoms with Gasteiger partial charge >= 0.3 is 0 Å². The van der Waals surface area contributed by atoms with Crippen molar-refractivity contribution in [3.05, 3.63) is 47.0 Å². The molecule has 3 N–H and O–H groups in total. The number of fused-ring (bicyclic) bond motifs is 1. The molecule has 0 radical (unpaired) electrons. The van der Waals surface area contributed by atoms with Crippen LogP contribution in [0.2, 0.25) is 5.02 Å². The van der Waals surface area contributed by atoms with Gasteiger partial charge < -0.3 is 15.8 Å². The van der Waals surface area contributed by atoms with Crippen molar-refractivity contribution in [2.45, 2.75) is 0 Å². The standard InChI is InChI=1S/C15H12ClN3O2S/c1-21-11-6-10(7-12-13(11)19-15(17)22-12)18-14(20)8-3-2-4-9(16)5-8/h2-7H,1H3,(H2,17,19)(H,18,20). The Morgan fingerprint density at radius 2 is 2.18 bits per heavy atom. The van der Waals surface area contributed by atoms with Gasteiger partial charge in [0.15, 0.2) is 5.13 Å². The first kappa shape index (κ1) is 14.6. The van der Waals surface area contributed by atoms with Crippen LogP contribution in [0.25, 0.3) is 10.2 Å². The Morgan fingerprint density at radius 3 is 2.91 bits per heavy atom. The van der Waals surface area contributed by atoms with Gasteiger partial charge in [-0.3, -0.25) is 4.79 Å². The average Bonchev–Trinajstić information content (AvgIpc) is 2.86. The predicted molar refractivity (Wildman–Crippen MR) is 90.0 cm³/mol. The summed E-state index contributed by atoms with van der Waals surface area (Å²) >= 11 is 7.24. The highest BCUT2D eigenvalue weighted by Crippen LogP contribution is 2.34. The average molecular weight is 334 g/mol. The third-order valence-corrected chi connectivity index (χ3v) is 4.11. The number of nitrogens with two attached hydrogens (primary N) is 1. The summed E-state index contributed by atoms with van der Waals surface area (Å²) in [5.41, 5.74) is 7.50. The van der Waals surface area contributed by atoms with Gasteiger partial charge in [-0.05, 0) is 24.3 Å². The number of aromatic nitrogens is 1. The number of ether oxygens (including phenoxy) is 1. The Labute approximate surface area is 135 Å².